The second kappa shape index (κ2) is 4.69. The first-order chi connectivity index (χ1) is 8.98. The minimum atomic E-state index is -2.42. The van der Waals surface area contributed by atoms with Crippen molar-refractivity contribution in [3.8, 4) is 5.75 Å². The highest BCUT2D eigenvalue weighted by Crippen LogP contribution is 2.25. The number of barbiturate groups is 1. The van der Waals surface area contributed by atoms with Crippen LogP contribution in [0.5, 0.6) is 5.75 Å². The summed E-state index contributed by atoms with van der Waals surface area (Å²) in [5.74, 6) is -1.61. The minimum absolute atomic E-state index is 0.0541. The molecular weight excluding hydrogens is 252 g/mol. The van der Waals surface area contributed by atoms with Crippen LogP contribution in [-0.2, 0) is 15.2 Å². The molecule has 19 heavy (non-hydrogen) atoms. The van der Waals surface area contributed by atoms with Crippen LogP contribution in [-0.4, -0.2) is 29.6 Å². The van der Waals surface area contributed by atoms with E-state index >= 15 is 0 Å². The Kier molecular flexibility index (Phi) is 3.22. The van der Waals surface area contributed by atoms with E-state index in [9.17, 15) is 19.5 Å². The Hall–Kier alpha value is -2.41. The van der Waals surface area contributed by atoms with Crippen LogP contribution in [0.3, 0.4) is 0 Å². The zero-order valence-electron chi connectivity index (χ0n) is 10.1. The first kappa shape index (κ1) is 13.0. The van der Waals surface area contributed by atoms with Crippen molar-refractivity contribution in [2.24, 2.45) is 0 Å². The Balaban J connectivity index is 2.35. The Morgan fingerprint density at radius 1 is 1.11 bits per heavy atom. The fourth-order valence-corrected chi connectivity index (χ4v) is 1.74. The molecule has 0 unspecified atom stereocenters. The molecule has 7 heteroatoms. The van der Waals surface area contributed by atoms with Crippen molar-refractivity contribution < 1.29 is 24.2 Å². The Morgan fingerprint density at radius 2 is 1.63 bits per heavy atom. The van der Waals surface area contributed by atoms with Gasteiger partial charge in [-0.15, -0.1) is 0 Å². The predicted molar refractivity (Wildman–Crippen MR) is 63.2 cm³/mol. The lowest BCUT2D eigenvalue weighted by Crippen LogP contribution is -2.64. The highest BCUT2D eigenvalue weighted by atomic mass is 16.5. The van der Waals surface area contributed by atoms with Gasteiger partial charge in [0.1, 0.15) is 5.75 Å². The van der Waals surface area contributed by atoms with Gasteiger partial charge < -0.3 is 9.84 Å². The second-order valence-electron chi connectivity index (χ2n) is 3.91. The molecule has 0 bridgehead atoms. The first-order valence-electron chi connectivity index (χ1n) is 5.61. The van der Waals surface area contributed by atoms with Crippen LogP contribution in [0.15, 0.2) is 24.3 Å². The van der Waals surface area contributed by atoms with Crippen LogP contribution in [0.4, 0.5) is 4.79 Å². The van der Waals surface area contributed by atoms with E-state index in [0.29, 0.717) is 12.4 Å². The van der Waals surface area contributed by atoms with E-state index in [0.717, 1.165) is 0 Å². The largest absolute Gasteiger partial charge is 0.494 e. The monoisotopic (exact) mass is 264 g/mol. The van der Waals surface area contributed by atoms with E-state index in [1.165, 1.54) is 24.3 Å². The van der Waals surface area contributed by atoms with Gasteiger partial charge in [0, 0.05) is 5.56 Å². The Morgan fingerprint density at radius 3 is 2.11 bits per heavy atom. The third-order valence-electron chi connectivity index (χ3n) is 2.69. The van der Waals surface area contributed by atoms with Crippen LogP contribution in [0, 0.1) is 0 Å². The van der Waals surface area contributed by atoms with Gasteiger partial charge in [0.05, 0.1) is 6.61 Å². The molecule has 0 aromatic heterocycles. The van der Waals surface area contributed by atoms with Crippen LogP contribution in [0.2, 0.25) is 0 Å². The quantitative estimate of drug-likeness (QED) is 0.646. The van der Waals surface area contributed by atoms with Crippen molar-refractivity contribution in [3.63, 3.8) is 0 Å². The summed E-state index contributed by atoms with van der Waals surface area (Å²) in [6.45, 7) is 2.29. The van der Waals surface area contributed by atoms with Gasteiger partial charge in [-0.25, -0.2) is 4.79 Å². The van der Waals surface area contributed by atoms with Crippen molar-refractivity contribution in [1.29, 1.82) is 0 Å². The van der Waals surface area contributed by atoms with E-state index < -0.39 is 23.4 Å². The fraction of sp³-hybridized carbons (Fsp3) is 0.250. The highest BCUT2D eigenvalue weighted by Gasteiger charge is 2.50. The van der Waals surface area contributed by atoms with E-state index in [1.807, 2.05) is 17.6 Å². The van der Waals surface area contributed by atoms with E-state index in [1.54, 1.807) is 0 Å². The topological polar surface area (TPSA) is 105 Å². The lowest BCUT2D eigenvalue weighted by Gasteiger charge is -2.29. The molecule has 1 fully saturated rings. The summed E-state index contributed by atoms with van der Waals surface area (Å²) < 4.78 is 5.21. The Labute approximate surface area is 108 Å². The number of carbonyl (C=O) groups excluding carboxylic acids is 3. The summed E-state index contributed by atoms with van der Waals surface area (Å²) in [7, 11) is 0. The standard InChI is InChI=1S/C12H12N2O5/c1-2-19-8-5-3-7(4-6-8)12(18)9(15)13-11(17)14-10(12)16/h3-6,18H,2H2,1H3,(H2,13,14,15,16,17). The molecule has 0 saturated carbocycles. The molecule has 1 aromatic rings. The zero-order valence-corrected chi connectivity index (χ0v) is 10.1. The number of urea groups is 1. The van der Waals surface area contributed by atoms with Gasteiger partial charge in [-0.05, 0) is 19.1 Å². The van der Waals surface area contributed by atoms with Crippen LogP contribution < -0.4 is 15.4 Å². The second-order valence-corrected chi connectivity index (χ2v) is 3.91. The van der Waals surface area contributed by atoms with Crippen LogP contribution in [0.25, 0.3) is 0 Å². The molecule has 1 aromatic carbocycles. The van der Waals surface area contributed by atoms with Crippen molar-refractivity contribution in [2.45, 2.75) is 12.5 Å². The summed E-state index contributed by atoms with van der Waals surface area (Å²) in [6.07, 6.45) is 0. The number of imide groups is 2. The molecular formula is C12H12N2O5. The number of amides is 4. The maximum Gasteiger partial charge on any atom is 0.328 e. The van der Waals surface area contributed by atoms with Crippen molar-refractivity contribution in [1.82, 2.24) is 10.6 Å². The van der Waals surface area contributed by atoms with Gasteiger partial charge in [-0.3, -0.25) is 20.2 Å². The minimum Gasteiger partial charge on any atom is -0.494 e. The van der Waals surface area contributed by atoms with Crippen LogP contribution >= 0.6 is 0 Å². The molecule has 4 amide bonds. The summed E-state index contributed by atoms with van der Waals surface area (Å²) >= 11 is 0. The predicted octanol–water partition coefficient (Wildman–Crippen LogP) is -0.361. The van der Waals surface area contributed by atoms with Gasteiger partial charge in [0.15, 0.2) is 0 Å². The molecule has 3 N–H and O–H groups in total. The van der Waals surface area contributed by atoms with E-state index in [2.05, 4.69) is 0 Å². The molecule has 1 heterocycles. The number of aliphatic hydroxyl groups is 1. The smallest absolute Gasteiger partial charge is 0.328 e. The number of hydrogen-bond acceptors (Lipinski definition) is 5. The summed E-state index contributed by atoms with van der Waals surface area (Å²) in [4.78, 5) is 34.3. The van der Waals surface area contributed by atoms with Gasteiger partial charge in [-0.1, -0.05) is 12.1 Å². The van der Waals surface area contributed by atoms with Crippen molar-refractivity contribution in [3.05, 3.63) is 29.8 Å². The van der Waals surface area contributed by atoms with Gasteiger partial charge in [-0.2, -0.15) is 0 Å². The third kappa shape index (κ3) is 2.15. The molecule has 2 rings (SSSR count). The maximum atomic E-state index is 11.7. The number of nitrogens with one attached hydrogen (secondary N) is 2. The van der Waals surface area contributed by atoms with Gasteiger partial charge in [0.2, 0.25) is 5.60 Å². The third-order valence-corrected chi connectivity index (χ3v) is 2.69. The lowest BCUT2D eigenvalue weighted by atomic mass is 9.90. The number of ether oxygens (including phenoxy) is 1. The summed E-state index contributed by atoms with van der Waals surface area (Å²) in [5, 5.41) is 13.9. The number of benzene rings is 1. The van der Waals surface area contributed by atoms with Gasteiger partial charge >= 0.3 is 6.03 Å². The summed E-state index contributed by atoms with van der Waals surface area (Å²) in [6, 6.07) is 4.87. The van der Waals surface area contributed by atoms with Crippen molar-refractivity contribution in [2.75, 3.05) is 6.61 Å². The fourth-order valence-electron chi connectivity index (χ4n) is 1.74. The number of hydrogen-bond donors (Lipinski definition) is 3. The normalized spacial score (nSPS) is 17.7. The Bertz CT molecular complexity index is 518. The average Bonchev–Trinajstić information content (AvgIpc) is 2.37. The number of carbonyl (C=O) groups is 3. The molecule has 0 spiro atoms. The molecule has 100 valence electrons. The van der Waals surface area contributed by atoms with E-state index in [4.69, 9.17) is 4.74 Å². The molecule has 0 radical (unpaired) electrons. The van der Waals surface area contributed by atoms with E-state index in [-0.39, 0.29) is 5.56 Å². The lowest BCUT2D eigenvalue weighted by molar-refractivity contribution is -0.155. The SMILES string of the molecule is CCOc1ccc(C2(O)C(=O)NC(=O)NC2=O)cc1. The van der Waals surface area contributed by atoms with Crippen LogP contribution in [0.1, 0.15) is 12.5 Å². The molecule has 1 aliphatic rings. The maximum absolute atomic E-state index is 11.7. The highest BCUT2D eigenvalue weighted by molar-refractivity contribution is 6.21. The molecule has 0 atom stereocenters. The molecule has 7 nitrogen and oxygen atoms in total. The molecule has 1 aliphatic heterocycles. The number of rotatable bonds is 3. The zero-order chi connectivity index (χ0) is 14.0. The summed E-state index contributed by atoms with van der Waals surface area (Å²) in [5.41, 5.74) is -2.36. The first-order valence-corrected chi connectivity index (χ1v) is 5.61. The molecule has 0 aliphatic carbocycles. The molecule has 1 saturated heterocycles. The van der Waals surface area contributed by atoms with Gasteiger partial charge in [0.25, 0.3) is 11.8 Å². The van der Waals surface area contributed by atoms with Crippen molar-refractivity contribution >= 4 is 17.8 Å². The average molecular weight is 264 g/mol.